The van der Waals surface area contributed by atoms with E-state index in [0.29, 0.717) is 12.5 Å². The molecule has 2 atom stereocenters. The van der Waals surface area contributed by atoms with Crippen molar-refractivity contribution in [1.82, 2.24) is 5.32 Å². The van der Waals surface area contributed by atoms with E-state index in [9.17, 15) is 4.79 Å². The largest absolute Gasteiger partial charge is 0.352 e. The third-order valence-corrected chi connectivity index (χ3v) is 5.17. The van der Waals surface area contributed by atoms with Crippen molar-refractivity contribution in [3.8, 4) is 0 Å². The molecule has 2 nitrogen and oxygen atoms in total. The summed E-state index contributed by atoms with van der Waals surface area (Å²) in [5.74, 6) is 0.974. The SMILES string of the molecule is CCC1NC(=O)CC1(c1cccs1)C1CC1. The standard InChI is InChI=1S/C13H17NOS/c1-2-10-13(9-5-6-9,8-12(15)14-10)11-4-3-7-16-11/h3-4,7,9-10H,2,5-6,8H2,1H3,(H,14,15). The third-order valence-electron chi connectivity index (χ3n) is 4.10. The second kappa shape index (κ2) is 3.59. The Bertz CT molecular complexity index is 396. The van der Waals surface area contributed by atoms with Crippen LogP contribution < -0.4 is 5.32 Å². The van der Waals surface area contributed by atoms with Crippen LogP contribution in [0.5, 0.6) is 0 Å². The summed E-state index contributed by atoms with van der Waals surface area (Å²) in [6.07, 6.45) is 4.34. The molecule has 16 heavy (non-hydrogen) atoms. The molecule has 1 aromatic rings. The van der Waals surface area contributed by atoms with Gasteiger partial charge in [0.25, 0.3) is 0 Å². The molecular weight excluding hydrogens is 218 g/mol. The summed E-state index contributed by atoms with van der Waals surface area (Å²) in [4.78, 5) is 13.2. The van der Waals surface area contributed by atoms with Crippen molar-refractivity contribution in [3.63, 3.8) is 0 Å². The first-order valence-corrected chi connectivity index (χ1v) is 6.98. The van der Waals surface area contributed by atoms with Gasteiger partial charge in [-0.25, -0.2) is 0 Å². The van der Waals surface area contributed by atoms with Crippen LogP contribution in [0.1, 0.15) is 37.5 Å². The highest BCUT2D eigenvalue weighted by atomic mass is 32.1. The van der Waals surface area contributed by atoms with Crippen molar-refractivity contribution >= 4 is 17.2 Å². The van der Waals surface area contributed by atoms with Crippen LogP contribution in [0.2, 0.25) is 0 Å². The van der Waals surface area contributed by atoms with Crippen LogP contribution in [-0.2, 0) is 10.2 Å². The number of hydrogen-bond acceptors (Lipinski definition) is 2. The number of nitrogens with one attached hydrogen (secondary N) is 1. The van der Waals surface area contributed by atoms with E-state index >= 15 is 0 Å². The van der Waals surface area contributed by atoms with E-state index in [-0.39, 0.29) is 11.3 Å². The Kier molecular flexibility index (Phi) is 2.32. The number of carbonyl (C=O) groups excluding carboxylic acids is 1. The van der Waals surface area contributed by atoms with Gasteiger partial charge in [-0.05, 0) is 36.6 Å². The van der Waals surface area contributed by atoms with Crippen LogP contribution in [0.25, 0.3) is 0 Å². The van der Waals surface area contributed by atoms with Crippen molar-refractivity contribution in [1.29, 1.82) is 0 Å². The molecule has 1 saturated heterocycles. The average molecular weight is 235 g/mol. The van der Waals surface area contributed by atoms with Crippen LogP contribution in [0.3, 0.4) is 0 Å². The lowest BCUT2D eigenvalue weighted by Crippen LogP contribution is -2.41. The molecule has 2 aliphatic rings. The van der Waals surface area contributed by atoms with Gasteiger partial charge in [0.05, 0.1) is 0 Å². The maximum atomic E-state index is 11.7. The Hall–Kier alpha value is -0.830. The summed E-state index contributed by atoms with van der Waals surface area (Å²) < 4.78 is 0. The quantitative estimate of drug-likeness (QED) is 0.857. The lowest BCUT2D eigenvalue weighted by atomic mass is 9.73. The van der Waals surface area contributed by atoms with Crippen molar-refractivity contribution in [2.45, 2.75) is 44.1 Å². The van der Waals surface area contributed by atoms with Gasteiger partial charge in [-0.3, -0.25) is 4.79 Å². The van der Waals surface area contributed by atoms with Crippen LogP contribution in [0, 0.1) is 5.92 Å². The number of hydrogen-bond donors (Lipinski definition) is 1. The van der Waals surface area contributed by atoms with E-state index in [4.69, 9.17) is 0 Å². The van der Waals surface area contributed by atoms with Gasteiger partial charge in [-0.2, -0.15) is 0 Å². The lowest BCUT2D eigenvalue weighted by Gasteiger charge is -2.33. The van der Waals surface area contributed by atoms with E-state index in [1.165, 1.54) is 17.7 Å². The zero-order valence-corrected chi connectivity index (χ0v) is 10.3. The summed E-state index contributed by atoms with van der Waals surface area (Å²) in [5.41, 5.74) is 0.125. The molecule has 1 saturated carbocycles. The molecule has 0 aromatic carbocycles. The number of carbonyl (C=O) groups is 1. The minimum absolute atomic E-state index is 0.125. The Morgan fingerprint density at radius 3 is 2.94 bits per heavy atom. The number of amides is 1. The van der Waals surface area contributed by atoms with Crippen molar-refractivity contribution < 1.29 is 4.79 Å². The van der Waals surface area contributed by atoms with Gasteiger partial charge >= 0.3 is 0 Å². The topological polar surface area (TPSA) is 29.1 Å². The summed E-state index contributed by atoms with van der Waals surface area (Å²) in [6.45, 7) is 2.18. The highest BCUT2D eigenvalue weighted by Crippen LogP contribution is 2.55. The first kappa shape index (κ1) is 10.3. The molecule has 0 bridgehead atoms. The fourth-order valence-electron chi connectivity index (χ4n) is 3.26. The van der Waals surface area contributed by atoms with E-state index < -0.39 is 0 Å². The van der Waals surface area contributed by atoms with Gasteiger partial charge in [0, 0.05) is 22.8 Å². The van der Waals surface area contributed by atoms with E-state index in [0.717, 1.165) is 12.3 Å². The number of thiophene rings is 1. The molecule has 2 unspecified atom stereocenters. The normalized spacial score (nSPS) is 34.1. The molecule has 3 heteroatoms. The van der Waals surface area contributed by atoms with Crippen LogP contribution in [0.4, 0.5) is 0 Å². The molecule has 2 heterocycles. The monoisotopic (exact) mass is 235 g/mol. The average Bonchev–Trinajstić information content (AvgIpc) is 2.87. The van der Waals surface area contributed by atoms with Gasteiger partial charge < -0.3 is 5.32 Å². The highest BCUT2D eigenvalue weighted by molar-refractivity contribution is 7.10. The molecule has 1 aliphatic carbocycles. The van der Waals surface area contributed by atoms with Crippen molar-refractivity contribution in [2.75, 3.05) is 0 Å². The fraction of sp³-hybridized carbons (Fsp3) is 0.615. The third kappa shape index (κ3) is 1.34. The molecular formula is C13H17NOS. The molecule has 86 valence electrons. The maximum absolute atomic E-state index is 11.7. The van der Waals surface area contributed by atoms with Gasteiger partial charge in [0.15, 0.2) is 0 Å². The van der Waals surface area contributed by atoms with Gasteiger partial charge in [0.2, 0.25) is 5.91 Å². The van der Waals surface area contributed by atoms with Crippen molar-refractivity contribution in [3.05, 3.63) is 22.4 Å². The van der Waals surface area contributed by atoms with Gasteiger partial charge in [0.1, 0.15) is 0 Å². The maximum Gasteiger partial charge on any atom is 0.221 e. The van der Waals surface area contributed by atoms with Crippen LogP contribution in [-0.4, -0.2) is 11.9 Å². The molecule has 1 aliphatic heterocycles. The summed E-state index contributed by atoms with van der Waals surface area (Å²) in [5, 5.41) is 5.31. The molecule has 3 rings (SSSR count). The molecule has 1 amide bonds. The van der Waals surface area contributed by atoms with Gasteiger partial charge in [-0.15, -0.1) is 11.3 Å². The predicted molar refractivity (Wildman–Crippen MR) is 65.6 cm³/mol. The second-order valence-electron chi connectivity index (χ2n) is 5.00. The minimum atomic E-state index is 0.125. The minimum Gasteiger partial charge on any atom is -0.352 e. The molecule has 0 radical (unpaired) electrons. The Morgan fingerprint density at radius 2 is 2.38 bits per heavy atom. The molecule has 2 fully saturated rings. The lowest BCUT2D eigenvalue weighted by molar-refractivity contribution is -0.119. The van der Waals surface area contributed by atoms with Crippen molar-refractivity contribution in [2.24, 2.45) is 5.92 Å². The number of rotatable bonds is 3. The predicted octanol–water partition coefficient (Wildman–Crippen LogP) is 2.69. The molecule has 1 N–H and O–H groups in total. The van der Waals surface area contributed by atoms with Gasteiger partial charge in [-0.1, -0.05) is 13.0 Å². The van der Waals surface area contributed by atoms with E-state index in [2.05, 4.69) is 29.8 Å². The Morgan fingerprint density at radius 1 is 1.56 bits per heavy atom. The molecule has 0 spiro atoms. The second-order valence-corrected chi connectivity index (χ2v) is 5.94. The Balaban J connectivity index is 2.05. The highest BCUT2D eigenvalue weighted by Gasteiger charge is 2.56. The smallest absolute Gasteiger partial charge is 0.221 e. The van der Waals surface area contributed by atoms with E-state index in [1.54, 1.807) is 0 Å². The molecule has 1 aromatic heterocycles. The zero-order valence-electron chi connectivity index (χ0n) is 9.53. The van der Waals surface area contributed by atoms with E-state index in [1.807, 2.05) is 11.3 Å². The first-order chi connectivity index (χ1) is 7.77. The summed E-state index contributed by atoms with van der Waals surface area (Å²) in [7, 11) is 0. The van der Waals surface area contributed by atoms with Crippen LogP contribution in [0.15, 0.2) is 17.5 Å². The summed E-state index contributed by atoms with van der Waals surface area (Å²) in [6, 6.07) is 4.68. The van der Waals surface area contributed by atoms with Crippen LogP contribution >= 0.6 is 11.3 Å². The summed E-state index contributed by atoms with van der Waals surface area (Å²) >= 11 is 1.82. The first-order valence-electron chi connectivity index (χ1n) is 6.10. The Labute approximate surface area is 100 Å². The fourth-order valence-corrected chi connectivity index (χ4v) is 4.32. The zero-order chi connectivity index (χ0) is 11.2.